The van der Waals surface area contributed by atoms with Crippen molar-refractivity contribution in [2.24, 2.45) is 0 Å². The van der Waals surface area contributed by atoms with E-state index in [-0.39, 0.29) is 13.4 Å². The maximum Gasteiger partial charge on any atom is 0.411 e. The predicted octanol–water partition coefficient (Wildman–Crippen LogP) is 2.85. The van der Waals surface area contributed by atoms with Crippen molar-refractivity contribution in [2.75, 3.05) is 26.6 Å². The summed E-state index contributed by atoms with van der Waals surface area (Å²) in [5, 5.41) is 3.00. The first kappa shape index (κ1) is 15.4. The molecule has 1 heterocycles. The van der Waals surface area contributed by atoms with Gasteiger partial charge in [0.15, 0.2) is 11.5 Å². The van der Waals surface area contributed by atoms with Gasteiger partial charge in [0, 0.05) is 17.6 Å². The van der Waals surface area contributed by atoms with Crippen LogP contribution in [0, 0.1) is 0 Å². The van der Waals surface area contributed by atoms with E-state index < -0.39 is 12.8 Å². The third-order valence-electron chi connectivity index (χ3n) is 2.55. The van der Waals surface area contributed by atoms with Crippen molar-refractivity contribution in [1.29, 1.82) is 0 Å². The van der Waals surface area contributed by atoms with Gasteiger partial charge in [-0.25, -0.2) is 0 Å². The molecule has 0 saturated carbocycles. The van der Waals surface area contributed by atoms with Crippen molar-refractivity contribution < 1.29 is 27.4 Å². The fourth-order valence-corrected chi connectivity index (χ4v) is 2.11. The van der Waals surface area contributed by atoms with Crippen molar-refractivity contribution in [3.05, 3.63) is 22.2 Å². The molecular formula is C12H13BrF3NO3. The lowest BCUT2D eigenvalue weighted by atomic mass is 10.2. The topological polar surface area (TPSA) is 39.7 Å². The molecular weight excluding hydrogens is 343 g/mol. The molecule has 0 bridgehead atoms. The molecule has 1 aliphatic heterocycles. The molecule has 0 spiro atoms. The van der Waals surface area contributed by atoms with E-state index in [1.54, 1.807) is 6.07 Å². The van der Waals surface area contributed by atoms with E-state index in [4.69, 9.17) is 9.47 Å². The molecule has 1 aliphatic rings. The van der Waals surface area contributed by atoms with Crippen molar-refractivity contribution in [3.8, 4) is 11.5 Å². The maximum atomic E-state index is 11.8. The van der Waals surface area contributed by atoms with Gasteiger partial charge < -0.3 is 19.5 Å². The second kappa shape index (κ2) is 6.64. The van der Waals surface area contributed by atoms with Crippen LogP contribution in [0.1, 0.15) is 5.56 Å². The highest BCUT2D eigenvalue weighted by atomic mass is 79.9. The van der Waals surface area contributed by atoms with Crippen molar-refractivity contribution >= 4 is 15.9 Å². The van der Waals surface area contributed by atoms with Gasteiger partial charge >= 0.3 is 6.18 Å². The first-order chi connectivity index (χ1) is 9.46. The Labute approximate surface area is 122 Å². The smallest absolute Gasteiger partial charge is 0.411 e. The predicted molar refractivity (Wildman–Crippen MR) is 68.8 cm³/mol. The summed E-state index contributed by atoms with van der Waals surface area (Å²) in [7, 11) is 0. The van der Waals surface area contributed by atoms with E-state index in [1.165, 1.54) is 0 Å². The van der Waals surface area contributed by atoms with E-state index in [1.807, 2.05) is 6.07 Å². The zero-order valence-electron chi connectivity index (χ0n) is 10.4. The SMILES string of the molecule is FC(F)(F)COCCNCc1cc2c(cc1Br)OCO2. The summed E-state index contributed by atoms with van der Waals surface area (Å²) < 4.78 is 51.3. The number of hydrogen-bond donors (Lipinski definition) is 1. The van der Waals surface area contributed by atoms with Gasteiger partial charge in [-0.2, -0.15) is 13.2 Å². The number of hydrogen-bond acceptors (Lipinski definition) is 4. The largest absolute Gasteiger partial charge is 0.454 e. The monoisotopic (exact) mass is 355 g/mol. The van der Waals surface area contributed by atoms with Crippen LogP contribution in [0.3, 0.4) is 0 Å². The van der Waals surface area contributed by atoms with Crippen LogP contribution >= 0.6 is 15.9 Å². The number of halogens is 4. The fourth-order valence-electron chi connectivity index (χ4n) is 1.65. The van der Waals surface area contributed by atoms with Gasteiger partial charge in [0.05, 0.1) is 6.61 Å². The lowest BCUT2D eigenvalue weighted by molar-refractivity contribution is -0.173. The molecule has 0 atom stereocenters. The van der Waals surface area contributed by atoms with E-state index >= 15 is 0 Å². The standard InChI is InChI=1S/C12H13BrF3NO3/c13-9-4-11-10(19-7-20-11)3-8(9)5-17-1-2-18-6-12(14,15)16/h3-4,17H,1-2,5-7H2. The fraction of sp³-hybridized carbons (Fsp3) is 0.500. The molecule has 112 valence electrons. The first-order valence-electron chi connectivity index (χ1n) is 5.89. The highest BCUT2D eigenvalue weighted by Crippen LogP contribution is 2.36. The van der Waals surface area contributed by atoms with Crippen molar-refractivity contribution in [3.63, 3.8) is 0 Å². The van der Waals surface area contributed by atoms with Gasteiger partial charge in [0.25, 0.3) is 0 Å². The summed E-state index contributed by atoms with van der Waals surface area (Å²) in [6.07, 6.45) is -4.28. The Morgan fingerprint density at radius 3 is 2.65 bits per heavy atom. The molecule has 0 amide bonds. The van der Waals surface area contributed by atoms with Gasteiger partial charge in [-0.1, -0.05) is 15.9 Å². The molecule has 0 radical (unpaired) electrons. The molecule has 0 unspecified atom stereocenters. The Morgan fingerprint density at radius 1 is 1.25 bits per heavy atom. The first-order valence-corrected chi connectivity index (χ1v) is 6.68. The number of ether oxygens (including phenoxy) is 3. The summed E-state index contributed by atoms with van der Waals surface area (Å²) >= 11 is 3.40. The summed E-state index contributed by atoms with van der Waals surface area (Å²) in [4.78, 5) is 0. The summed E-state index contributed by atoms with van der Waals surface area (Å²) in [5.74, 6) is 1.34. The molecule has 20 heavy (non-hydrogen) atoms. The molecule has 1 aromatic carbocycles. The summed E-state index contributed by atoms with van der Waals surface area (Å²) in [5.41, 5.74) is 0.935. The second-order valence-corrected chi connectivity index (χ2v) is 5.00. The van der Waals surface area contributed by atoms with Gasteiger partial charge in [-0.15, -0.1) is 0 Å². The van der Waals surface area contributed by atoms with Crippen molar-refractivity contribution in [2.45, 2.75) is 12.7 Å². The molecule has 8 heteroatoms. The third-order valence-corrected chi connectivity index (χ3v) is 3.28. The number of benzene rings is 1. The van der Waals surface area contributed by atoms with E-state index in [0.29, 0.717) is 24.6 Å². The van der Waals surface area contributed by atoms with Gasteiger partial charge in [0.1, 0.15) is 6.61 Å². The Balaban J connectivity index is 1.72. The Kier molecular flexibility index (Phi) is 5.11. The normalized spacial score (nSPS) is 13.8. The Hall–Kier alpha value is -0.990. The van der Waals surface area contributed by atoms with E-state index in [0.717, 1.165) is 10.0 Å². The molecule has 1 N–H and O–H groups in total. The zero-order valence-corrected chi connectivity index (χ0v) is 12.0. The van der Waals surface area contributed by atoms with Crippen LogP contribution < -0.4 is 14.8 Å². The second-order valence-electron chi connectivity index (χ2n) is 4.14. The molecule has 0 fully saturated rings. The molecule has 0 saturated heterocycles. The molecule has 2 rings (SSSR count). The minimum Gasteiger partial charge on any atom is -0.454 e. The summed E-state index contributed by atoms with van der Waals surface area (Å²) in [6.45, 7) is -0.197. The van der Waals surface area contributed by atoms with E-state index in [9.17, 15) is 13.2 Å². The number of rotatable bonds is 6. The van der Waals surface area contributed by atoms with Gasteiger partial charge in [0.2, 0.25) is 6.79 Å². The van der Waals surface area contributed by atoms with Crippen LogP contribution in [0.15, 0.2) is 16.6 Å². The highest BCUT2D eigenvalue weighted by molar-refractivity contribution is 9.10. The number of alkyl halides is 3. The van der Waals surface area contributed by atoms with E-state index in [2.05, 4.69) is 26.0 Å². The average Bonchev–Trinajstić information content (AvgIpc) is 2.79. The van der Waals surface area contributed by atoms with Crippen LogP contribution in [0.25, 0.3) is 0 Å². The zero-order chi connectivity index (χ0) is 14.6. The van der Waals surface area contributed by atoms with Gasteiger partial charge in [-0.3, -0.25) is 0 Å². The lowest BCUT2D eigenvalue weighted by Crippen LogP contribution is -2.23. The number of fused-ring (bicyclic) bond motifs is 1. The number of nitrogens with one attached hydrogen (secondary N) is 1. The maximum absolute atomic E-state index is 11.8. The minimum absolute atomic E-state index is 0.00167. The Bertz CT molecular complexity index is 468. The Morgan fingerprint density at radius 2 is 1.95 bits per heavy atom. The molecule has 1 aromatic rings. The van der Waals surface area contributed by atoms with Crippen LogP contribution in [0.2, 0.25) is 0 Å². The average molecular weight is 356 g/mol. The van der Waals surface area contributed by atoms with Crippen molar-refractivity contribution in [1.82, 2.24) is 5.32 Å². The van der Waals surface area contributed by atoms with Crippen LogP contribution in [0.5, 0.6) is 11.5 Å². The highest BCUT2D eigenvalue weighted by Gasteiger charge is 2.27. The third kappa shape index (κ3) is 4.53. The van der Waals surface area contributed by atoms with Crippen LogP contribution in [-0.4, -0.2) is 32.7 Å². The lowest BCUT2D eigenvalue weighted by Gasteiger charge is -2.10. The summed E-state index contributed by atoms with van der Waals surface area (Å²) in [6, 6.07) is 3.63. The minimum atomic E-state index is -4.28. The van der Waals surface area contributed by atoms with Gasteiger partial charge in [-0.05, 0) is 17.7 Å². The molecule has 0 aliphatic carbocycles. The quantitative estimate of drug-likeness (QED) is 0.796. The molecule has 4 nitrogen and oxygen atoms in total. The van der Waals surface area contributed by atoms with Crippen LogP contribution in [0.4, 0.5) is 13.2 Å². The molecule has 0 aromatic heterocycles. The van der Waals surface area contributed by atoms with Crippen LogP contribution in [-0.2, 0) is 11.3 Å².